The van der Waals surface area contributed by atoms with Gasteiger partial charge >= 0.3 is 12.0 Å². The van der Waals surface area contributed by atoms with Crippen LogP contribution >= 0.6 is 0 Å². The number of ether oxygens (including phenoxy) is 1. The summed E-state index contributed by atoms with van der Waals surface area (Å²) in [7, 11) is -2.51. The number of amides is 3. The maximum atomic E-state index is 13.2. The summed E-state index contributed by atoms with van der Waals surface area (Å²) in [6, 6.07) is 19.3. The number of hydrogen-bond donors (Lipinski definition) is 4. The van der Waals surface area contributed by atoms with E-state index in [1.807, 2.05) is 44.2 Å². The molecule has 0 spiro atoms. The van der Waals surface area contributed by atoms with Crippen LogP contribution in [0.5, 0.6) is 0 Å². The zero-order chi connectivity index (χ0) is 29.8. The number of hydrogen-bond acceptors (Lipinski definition) is 6. The topological polar surface area (TPSA) is 143 Å². The Bertz CT molecular complexity index is 1410. The average Bonchev–Trinajstić information content (AvgIpc) is 2.96. The number of methoxy groups -OCH3 is 1. The molecule has 0 aliphatic heterocycles. The van der Waals surface area contributed by atoms with Gasteiger partial charge in [-0.1, -0.05) is 67.8 Å². The fourth-order valence-electron chi connectivity index (χ4n) is 4.01. The van der Waals surface area contributed by atoms with Gasteiger partial charge in [0.1, 0.15) is 12.1 Å². The Hall–Kier alpha value is -4.38. The van der Waals surface area contributed by atoms with Crippen LogP contribution in [0.4, 0.5) is 16.2 Å². The number of esters is 1. The average molecular weight is 581 g/mol. The van der Waals surface area contributed by atoms with Crippen LogP contribution < -0.4 is 20.7 Å². The van der Waals surface area contributed by atoms with Crippen LogP contribution in [0.3, 0.4) is 0 Å². The summed E-state index contributed by atoms with van der Waals surface area (Å²) in [5, 5.41) is 8.07. The molecule has 4 N–H and O–H groups in total. The van der Waals surface area contributed by atoms with E-state index in [2.05, 4.69) is 20.7 Å². The van der Waals surface area contributed by atoms with Crippen molar-refractivity contribution < 1.29 is 27.5 Å². The minimum Gasteiger partial charge on any atom is -0.467 e. The number of rotatable bonds is 13. The lowest BCUT2D eigenvalue weighted by molar-refractivity contribution is -0.145. The Kier molecular flexibility index (Phi) is 11.3. The minimum atomic E-state index is -3.77. The predicted octanol–water partition coefficient (Wildman–Crippen LogP) is 4.38. The fourth-order valence-corrected chi connectivity index (χ4v) is 5.07. The third kappa shape index (κ3) is 9.64. The molecule has 0 aliphatic carbocycles. The SMILES string of the molecule is CCCC[C@@H](NC(=O)[C@@H](Cc1ccccc1)NC(=O)Nc1ccc(NS(=O)(=O)c2ccc(C)cc2)cc1)C(=O)OC. The monoisotopic (exact) mass is 580 g/mol. The molecule has 3 rings (SSSR count). The molecule has 11 heteroatoms. The number of benzene rings is 3. The van der Waals surface area contributed by atoms with E-state index in [1.165, 1.54) is 43.5 Å². The lowest BCUT2D eigenvalue weighted by atomic mass is 10.0. The van der Waals surface area contributed by atoms with E-state index in [1.54, 1.807) is 12.1 Å². The molecule has 0 saturated heterocycles. The normalized spacial score (nSPS) is 12.5. The maximum Gasteiger partial charge on any atom is 0.328 e. The highest BCUT2D eigenvalue weighted by Gasteiger charge is 2.27. The van der Waals surface area contributed by atoms with E-state index in [-0.39, 0.29) is 11.3 Å². The van der Waals surface area contributed by atoms with Gasteiger partial charge < -0.3 is 20.7 Å². The lowest BCUT2D eigenvalue weighted by Gasteiger charge is -2.22. The van der Waals surface area contributed by atoms with E-state index in [9.17, 15) is 22.8 Å². The molecule has 0 aliphatic rings. The van der Waals surface area contributed by atoms with Gasteiger partial charge in [-0.15, -0.1) is 0 Å². The zero-order valence-corrected chi connectivity index (χ0v) is 24.2. The molecule has 0 saturated carbocycles. The molecule has 0 aromatic heterocycles. The number of aryl methyl sites for hydroxylation is 1. The number of anilines is 2. The van der Waals surface area contributed by atoms with Crippen LogP contribution in [0.25, 0.3) is 0 Å². The van der Waals surface area contributed by atoms with Gasteiger partial charge in [-0.2, -0.15) is 0 Å². The summed E-state index contributed by atoms with van der Waals surface area (Å²) in [5.41, 5.74) is 2.47. The van der Waals surface area contributed by atoms with Crippen molar-refractivity contribution in [3.05, 3.63) is 90.0 Å². The first-order valence-corrected chi connectivity index (χ1v) is 14.8. The van der Waals surface area contributed by atoms with E-state index in [0.717, 1.165) is 17.5 Å². The number of carbonyl (C=O) groups is 3. The van der Waals surface area contributed by atoms with Crippen LogP contribution in [-0.4, -0.2) is 45.5 Å². The largest absolute Gasteiger partial charge is 0.467 e. The van der Waals surface area contributed by atoms with Gasteiger partial charge in [0.05, 0.1) is 12.0 Å². The van der Waals surface area contributed by atoms with Crippen molar-refractivity contribution >= 4 is 39.3 Å². The first-order chi connectivity index (χ1) is 19.6. The summed E-state index contributed by atoms with van der Waals surface area (Å²) in [5.74, 6) is -1.07. The Morgan fingerprint density at radius 1 is 0.829 bits per heavy atom. The molecule has 218 valence electrons. The first kappa shape index (κ1) is 31.2. The molecule has 3 amide bonds. The number of urea groups is 1. The third-order valence-corrected chi connectivity index (χ3v) is 7.68. The molecular formula is C30H36N4O6S. The van der Waals surface area contributed by atoms with Crippen molar-refractivity contribution in [2.24, 2.45) is 0 Å². The van der Waals surface area contributed by atoms with E-state index in [0.29, 0.717) is 24.2 Å². The summed E-state index contributed by atoms with van der Waals surface area (Å²) >= 11 is 0. The molecular weight excluding hydrogens is 544 g/mol. The van der Waals surface area contributed by atoms with Gasteiger partial charge in [0.2, 0.25) is 5.91 Å². The Labute approximate surface area is 240 Å². The van der Waals surface area contributed by atoms with E-state index in [4.69, 9.17) is 4.74 Å². The summed E-state index contributed by atoms with van der Waals surface area (Å²) in [6.07, 6.45) is 2.17. The molecule has 0 fully saturated rings. The Balaban J connectivity index is 1.68. The second-order valence-electron chi connectivity index (χ2n) is 9.56. The second kappa shape index (κ2) is 14.8. The van der Waals surface area contributed by atoms with Crippen molar-refractivity contribution in [3.63, 3.8) is 0 Å². The summed E-state index contributed by atoms with van der Waals surface area (Å²) in [4.78, 5) is 38.5. The molecule has 0 radical (unpaired) electrons. The van der Waals surface area contributed by atoms with Crippen molar-refractivity contribution in [1.29, 1.82) is 0 Å². The fraction of sp³-hybridized carbons (Fsp3) is 0.300. The quantitative estimate of drug-likeness (QED) is 0.221. The van der Waals surface area contributed by atoms with E-state index < -0.39 is 40.0 Å². The highest BCUT2D eigenvalue weighted by Crippen LogP contribution is 2.19. The molecule has 0 unspecified atom stereocenters. The summed E-state index contributed by atoms with van der Waals surface area (Å²) in [6.45, 7) is 3.85. The number of nitrogens with one attached hydrogen (secondary N) is 4. The molecule has 3 aromatic carbocycles. The Morgan fingerprint density at radius 2 is 1.46 bits per heavy atom. The van der Waals surface area contributed by atoms with Gasteiger partial charge in [-0.3, -0.25) is 9.52 Å². The van der Waals surface area contributed by atoms with Gasteiger partial charge in [0.25, 0.3) is 10.0 Å². The summed E-state index contributed by atoms with van der Waals surface area (Å²) < 4.78 is 32.6. The van der Waals surface area contributed by atoms with Crippen LogP contribution in [0.2, 0.25) is 0 Å². The van der Waals surface area contributed by atoms with Gasteiger partial charge in [-0.05, 0) is 55.3 Å². The van der Waals surface area contributed by atoms with Crippen molar-refractivity contribution in [1.82, 2.24) is 10.6 Å². The second-order valence-corrected chi connectivity index (χ2v) is 11.2. The molecule has 2 atom stereocenters. The van der Waals surface area contributed by atoms with E-state index >= 15 is 0 Å². The third-order valence-electron chi connectivity index (χ3n) is 6.28. The van der Waals surface area contributed by atoms with Crippen LogP contribution in [0.15, 0.2) is 83.8 Å². The lowest BCUT2D eigenvalue weighted by Crippen LogP contribution is -2.53. The maximum absolute atomic E-state index is 13.2. The highest BCUT2D eigenvalue weighted by atomic mass is 32.2. The minimum absolute atomic E-state index is 0.136. The van der Waals surface area contributed by atoms with Crippen molar-refractivity contribution in [3.8, 4) is 0 Å². The molecule has 41 heavy (non-hydrogen) atoms. The predicted molar refractivity (Wildman–Crippen MR) is 158 cm³/mol. The van der Waals surface area contributed by atoms with Crippen molar-refractivity contribution in [2.75, 3.05) is 17.1 Å². The molecule has 3 aromatic rings. The van der Waals surface area contributed by atoms with Gasteiger partial charge in [-0.25, -0.2) is 18.0 Å². The van der Waals surface area contributed by atoms with Crippen LogP contribution in [0.1, 0.15) is 37.3 Å². The zero-order valence-electron chi connectivity index (χ0n) is 23.3. The number of carbonyl (C=O) groups excluding carboxylic acids is 3. The van der Waals surface area contributed by atoms with Gasteiger partial charge in [0.15, 0.2) is 0 Å². The smallest absolute Gasteiger partial charge is 0.328 e. The first-order valence-electron chi connectivity index (χ1n) is 13.3. The van der Waals surface area contributed by atoms with Crippen molar-refractivity contribution in [2.45, 2.75) is 56.5 Å². The molecule has 10 nitrogen and oxygen atoms in total. The molecule has 0 bridgehead atoms. The number of sulfonamides is 1. The standard InChI is InChI=1S/C30H36N4O6S/c1-4-5-11-26(29(36)40-3)32-28(35)27(20-22-9-7-6-8-10-22)33-30(37)31-23-14-16-24(17-15-23)34-41(38,39)25-18-12-21(2)13-19-25/h6-10,12-19,26-27,34H,4-5,11,20H2,1-3H3,(H,32,35)(H2,31,33,37)/t26-,27-/m1/s1. The highest BCUT2D eigenvalue weighted by molar-refractivity contribution is 7.92. The Morgan fingerprint density at radius 3 is 2.07 bits per heavy atom. The molecule has 0 heterocycles. The number of unbranched alkanes of at least 4 members (excludes halogenated alkanes) is 1. The van der Waals surface area contributed by atoms with Crippen LogP contribution in [-0.2, 0) is 30.8 Å². The van der Waals surface area contributed by atoms with Crippen LogP contribution in [0, 0.1) is 6.92 Å². The van der Waals surface area contributed by atoms with Gasteiger partial charge in [0, 0.05) is 17.8 Å².